The maximum atomic E-state index is 12.4. The number of nitrogens with zero attached hydrogens (tertiary/aromatic N) is 1. The molecule has 0 aromatic rings. The molecule has 1 heterocycles. The molecule has 0 aromatic carbocycles. The number of aliphatic hydroxyl groups is 5. The highest BCUT2D eigenvalue weighted by Gasteiger charge is 2.60. The van der Waals surface area contributed by atoms with Crippen LogP contribution in [0.5, 0.6) is 0 Å². The first-order valence-electron chi connectivity index (χ1n) is 23.6. The smallest absolute Gasteiger partial charge is 0.479 e. The van der Waals surface area contributed by atoms with Gasteiger partial charge in [-0.15, -0.1) is 0 Å². The lowest BCUT2D eigenvalue weighted by Gasteiger charge is -2.45. The highest BCUT2D eigenvalue weighted by atomic mass is 28.4. The van der Waals surface area contributed by atoms with Crippen molar-refractivity contribution in [3.63, 3.8) is 0 Å². The van der Waals surface area contributed by atoms with Crippen molar-refractivity contribution in [1.29, 1.82) is 0 Å². The van der Waals surface area contributed by atoms with Gasteiger partial charge in [0.15, 0.2) is 24.4 Å². The summed E-state index contributed by atoms with van der Waals surface area (Å²) in [5, 5.41) is 90.9. The fourth-order valence-corrected chi connectivity index (χ4v) is 11.3. The Balaban J connectivity index is 3.10. The van der Waals surface area contributed by atoms with Crippen molar-refractivity contribution in [2.45, 2.75) is 229 Å². The molecule has 1 rings (SSSR count). The molecule has 62 heavy (non-hydrogen) atoms. The van der Waals surface area contributed by atoms with Gasteiger partial charge in [0.05, 0.1) is 26.7 Å². The molecule has 0 aliphatic carbocycles. The topological polar surface area (TPSA) is 278 Å². The number of unbranched alkanes of at least 4 members (excludes halogenated alkanes) is 22. The minimum absolute atomic E-state index is 0.139. The summed E-state index contributed by atoms with van der Waals surface area (Å²) < 4.78 is 17.7. The molecule has 0 radical (unpaired) electrons. The number of carbonyl (C=O) groups is 4. The Kier molecular flexibility index (Phi) is 30.2. The maximum Gasteiger partial charge on any atom is 0.503 e. The molecular formula is C44H84NO16Si+. The highest BCUT2D eigenvalue weighted by molar-refractivity contribution is 6.61. The number of hydrogen-bond donors (Lipinski definition) is 9. The van der Waals surface area contributed by atoms with Crippen LogP contribution in [0.3, 0.4) is 0 Å². The SMILES string of the molecule is CCCCCCCCCCCCCCCCCC[N+](C)(CCCCCCCCCC)CCC[Si]1(OC(C(=O)O)C(O)C(O)C(O)C(=O)O)OC(C(=O)O)C(O)C(C(O)C(=O)O)O1. The summed E-state index contributed by atoms with van der Waals surface area (Å²) in [6, 6.07) is -0.370. The Morgan fingerprint density at radius 2 is 0.935 bits per heavy atom. The zero-order valence-electron chi connectivity index (χ0n) is 38.0. The van der Waals surface area contributed by atoms with Gasteiger partial charge in [-0.1, -0.05) is 142 Å². The number of aliphatic hydroxyl groups excluding tert-OH is 5. The van der Waals surface area contributed by atoms with Gasteiger partial charge in [-0.2, -0.15) is 0 Å². The number of carboxylic acids is 4. The molecule has 10 unspecified atom stereocenters. The lowest BCUT2D eigenvalue weighted by molar-refractivity contribution is -0.910. The third-order valence-electron chi connectivity index (χ3n) is 12.1. The third kappa shape index (κ3) is 22.6. The van der Waals surface area contributed by atoms with Crippen LogP contribution in [0.4, 0.5) is 0 Å². The quantitative estimate of drug-likeness (QED) is 0.0209. The highest BCUT2D eigenvalue weighted by Crippen LogP contribution is 2.34. The second-order valence-corrected chi connectivity index (χ2v) is 20.3. The van der Waals surface area contributed by atoms with Crippen LogP contribution in [0.1, 0.15) is 174 Å². The number of rotatable bonds is 40. The third-order valence-corrected chi connectivity index (χ3v) is 15.0. The van der Waals surface area contributed by atoms with E-state index in [2.05, 4.69) is 20.9 Å². The van der Waals surface area contributed by atoms with Gasteiger partial charge >= 0.3 is 32.7 Å². The fraction of sp³-hybridized carbons (Fsp3) is 0.909. The standard InChI is InChI=1S/C44H83NO16Si/c1-4-6-8-10-12-14-15-16-17-18-19-20-21-23-25-27-30-45(3,29-26-24-22-13-11-9-7-5-2)31-28-32-62(60-39(43(55)56)34(47)33(46)35(48)41(51)52)59-38(37(50)42(53)54)36(49)40(61-62)44(57)58/h33-40,46-50H,4-32H2,1-3H3,(H3-,51,52,53,54,55,56,57,58)/p+1. The predicted molar refractivity (Wildman–Crippen MR) is 233 cm³/mol. The van der Waals surface area contributed by atoms with Crippen LogP contribution < -0.4 is 0 Å². The second kappa shape index (κ2) is 32.4. The average molecular weight is 911 g/mol. The molecule has 1 aliphatic rings. The first kappa shape index (κ1) is 57.8. The number of hydrogen-bond acceptors (Lipinski definition) is 12. The molecule has 1 aliphatic heterocycles. The molecule has 10 atom stereocenters. The van der Waals surface area contributed by atoms with Crippen molar-refractivity contribution >= 4 is 32.7 Å². The van der Waals surface area contributed by atoms with Gasteiger partial charge in [-0.3, -0.25) is 0 Å². The Morgan fingerprint density at radius 3 is 1.29 bits per heavy atom. The van der Waals surface area contributed by atoms with E-state index >= 15 is 0 Å². The molecule has 0 bridgehead atoms. The first-order valence-corrected chi connectivity index (χ1v) is 25.6. The monoisotopic (exact) mass is 911 g/mol. The maximum absolute atomic E-state index is 12.4. The van der Waals surface area contributed by atoms with Gasteiger partial charge in [-0.05, 0) is 25.7 Å². The normalized spacial score (nSPS) is 22.6. The zero-order valence-corrected chi connectivity index (χ0v) is 39.0. The number of aliphatic carboxylic acids is 4. The van der Waals surface area contributed by atoms with Crippen molar-refractivity contribution < 1.29 is 82.9 Å². The van der Waals surface area contributed by atoms with E-state index in [9.17, 15) is 60.0 Å². The van der Waals surface area contributed by atoms with E-state index in [1.165, 1.54) is 103 Å². The molecule has 9 N–H and O–H groups in total. The number of quaternary nitrogens is 1. The van der Waals surface area contributed by atoms with Crippen LogP contribution in [-0.2, 0) is 32.5 Å². The van der Waals surface area contributed by atoms with Gasteiger partial charge < -0.3 is 63.7 Å². The minimum atomic E-state index is -4.91. The Bertz CT molecular complexity index is 1250. The van der Waals surface area contributed by atoms with E-state index in [1.807, 2.05) is 0 Å². The molecule has 1 fully saturated rings. The molecule has 17 nitrogen and oxygen atoms in total. The van der Waals surface area contributed by atoms with Crippen LogP contribution in [0.2, 0.25) is 6.04 Å². The van der Waals surface area contributed by atoms with E-state index < -0.39 is 81.5 Å². The van der Waals surface area contributed by atoms with Gasteiger partial charge in [0.2, 0.25) is 0 Å². The Labute approximate surface area is 370 Å². The van der Waals surface area contributed by atoms with Crippen LogP contribution >= 0.6 is 0 Å². The summed E-state index contributed by atoms with van der Waals surface area (Å²) in [6.45, 7) is 6.46. The van der Waals surface area contributed by atoms with Crippen LogP contribution in [0, 0.1) is 0 Å². The molecule has 1 saturated heterocycles. The Hall–Kier alpha value is -2.26. The minimum Gasteiger partial charge on any atom is -0.479 e. The average Bonchev–Trinajstić information content (AvgIpc) is 3.23. The van der Waals surface area contributed by atoms with Crippen molar-refractivity contribution in [2.75, 3.05) is 26.7 Å². The van der Waals surface area contributed by atoms with Crippen molar-refractivity contribution in [3.05, 3.63) is 0 Å². The van der Waals surface area contributed by atoms with Crippen LogP contribution in [0.15, 0.2) is 0 Å². The van der Waals surface area contributed by atoms with Gasteiger partial charge in [0.1, 0.15) is 24.4 Å². The number of carboxylic acid groups (broad SMARTS) is 4. The van der Waals surface area contributed by atoms with Gasteiger partial charge in [0.25, 0.3) is 0 Å². The van der Waals surface area contributed by atoms with Crippen molar-refractivity contribution in [2.24, 2.45) is 0 Å². The van der Waals surface area contributed by atoms with E-state index in [1.54, 1.807) is 0 Å². The van der Waals surface area contributed by atoms with E-state index in [0.29, 0.717) is 11.0 Å². The van der Waals surface area contributed by atoms with E-state index in [4.69, 9.17) is 18.4 Å². The van der Waals surface area contributed by atoms with Gasteiger partial charge in [0, 0.05) is 12.5 Å². The molecule has 0 aromatic heterocycles. The molecule has 0 amide bonds. The zero-order chi connectivity index (χ0) is 46.6. The Morgan fingerprint density at radius 1 is 0.548 bits per heavy atom. The molecule has 364 valence electrons. The van der Waals surface area contributed by atoms with Gasteiger partial charge in [-0.25, -0.2) is 19.2 Å². The first-order chi connectivity index (χ1) is 29.5. The largest absolute Gasteiger partial charge is 0.503 e. The summed E-state index contributed by atoms with van der Waals surface area (Å²) in [6.07, 6.45) is 9.34. The fourth-order valence-electron chi connectivity index (χ4n) is 8.21. The van der Waals surface area contributed by atoms with Crippen molar-refractivity contribution in [1.82, 2.24) is 0 Å². The lowest BCUT2D eigenvalue weighted by atomic mass is 10.0. The molecule has 0 saturated carbocycles. The van der Waals surface area contributed by atoms with E-state index in [0.717, 1.165) is 64.5 Å². The second-order valence-electron chi connectivity index (χ2n) is 17.7. The molecule has 18 heteroatoms. The summed E-state index contributed by atoms with van der Waals surface area (Å²) >= 11 is 0. The summed E-state index contributed by atoms with van der Waals surface area (Å²) in [4.78, 5) is 47.9. The summed E-state index contributed by atoms with van der Waals surface area (Å²) in [5.74, 6) is -7.68. The molecule has 0 spiro atoms. The van der Waals surface area contributed by atoms with Crippen LogP contribution in [0.25, 0.3) is 0 Å². The summed E-state index contributed by atoms with van der Waals surface area (Å²) in [5.41, 5.74) is 0. The van der Waals surface area contributed by atoms with Crippen LogP contribution in [-0.4, -0.2) is 159 Å². The predicted octanol–water partition coefficient (Wildman–Crippen LogP) is 5.48. The summed E-state index contributed by atoms with van der Waals surface area (Å²) in [7, 11) is -2.81. The lowest BCUT2D eigenvalue weighted by Crippen LogP contribution is -2.68. The van der Waals surface area contributed by atoms with Crippen molar-refractivity contribution in [3.8, 4) is 0 Å². The van der Waals surface area contributed by atoms with E-state index in [-0.39, 0.29) is 12.5 Å². The molecular weight excluding hydrogens is 827 g/mol.